The first-order valence-electron chi connectivity index (χ1n) is 16.3. The van der Waals surface area contributed by atoms with Gasteiger partial charge in [-0.25, -0.2) is 0 Å². The van der Waals surface area contributed by atoms with Crippen LogP contribution in [0.4, 0.5) is 0 Å². The molecule has 0 radical (unpaired) electrons. The molecule has 5 heterocycles. The largest absolute Gasteiger partial charge is 0.264 e. The fourth-order valence-corrected chi connectivity index (χ4v) is 14.1. The summed E-state index contributed by atoms with van der Waals surface area (Å²) < 4.78 is 0. The highest BCUT2D eigenvalue weighted by atomic mass is 28.3. The number of fused-ring (bicyclic) bond motifs is 2. The van der Waals surface area contributed by atoms with E-state index in [1.807, 2.05) is 12.4 Å². The van der Waals surface area contributed by atoms with Crippen molar-refractivity contribution in [2.45, 2.75) is 74.0 Å². The maximum atomic E-state index is 4.57. The minimum absolute atomic E-state index is 0.350. The van der Waals surface area contributed by atoms with Gasteiger partial charge >= 0.3 is 0 Å². The van der Waals surface area contributed by atoms with Crippen molar-refractivity contribution in [2.75, 3.05) is 0 Å². The standard InChI is InChI=1S/C40H44N2Si2/c1-43(2)25-29-13-17-31(18-14-29)37-38(40(34-12-8-22-42-24-34)39(37)33-11-7-21-41-23-33)32-19-15-30(16-20-32)26-44(3,4)28-36-10-6-5-9-35(36)27-43/h5-24,37-40H,25-28H2,1-4H3/t37-,38+,39-,40-/m1/s1. The summed E-state index contributed by atoms with van der Waals surface area (Å²) >= 11 is 0. The van der Waals surface area contributed by atoms with Crippen LogP contribution in [0.1, 0.15) is 68.2 Å². The highest BCUT2D eigenvalue weighted by Crippen LogP contribution is 2.66. The number of nitrogens with zero attached hydrogens (tertiary/aromatic N) is 2. The molecule has 4 heteroatoms. The van der Waals surface area contributed by atoms with E-state index >= 15 is 0 Å². The molecule has 0 unspecified atom stereocenters. The van der Waals surface area contributed by atoms with Crippen molar-refractivity contribution in [1.82, 2.24) is 9.97 Å². The quantitative estimate of drug-likeness (QED) is 0.187. The first-order valence-corrected chi connectivity index (χ1v) is 23.1. The van der Waals surface area contributed by atoms with Gasteiger partial charge < -0.3 is 0 Å². The zero-order valence-corrected chi connectivity index (χ0v) is 28.6. The van der Waals surface area contributed by atoms with E-state index in [-0.39, 0.29) is 0 Å². The summed E-state index contributed by atoms with van der Waals surface area (Å²) in [5.41, 5.74) is 11.7. The van der Waals surface area contributed by atoms with E-state index in [2.05, 4.69) is 146 Å². The van der Waals surface area contributed by atoms with Gasteiger partial charge in [0.25, 0.3) is 0 Å². The molecule has 3 aromatic carbocycles. The third-order valence-corrected chi connectivity index (χ3v) is 15.6. The van der Waals surface area contributed by atoms with Crippen LogP contribution in [-0.4, -0.2) is 26.1 Å². The summed E-state index contributed by atoms with van der Waals surface area (Å²) in [6.07, 6.45) is 7.97. The van der Waals surface area contributed by atoms with E-state index in [1.54, 1.807) is 11.1 Å². The van der Waals surface area contributed by atoms with E-state index in [4.69, 9.17) is 0 Å². The molecule has 1 aliphatic carbocycles. The van der Waals surface area contributed by atoms with Gasteiger partial charge in [-0.3, -0.25) is 9.97 Å². The Morgan fingerprint density at radius 3 is 1.18 bits per heavy atom. The number of rotatable bonds is 2. The second-order valence-electron chi connectivity index (χ2n) is 15.0. The lowest BCUT2D eigenvalue weighted by Gasteiger charge is -2.53. The second-order valence-corrected chi connectivity index (χ2v) is 25.0. The molecule has 44 heavy (non-hydrogen) atoms. The van der Waals surface area contributed by atoms with E-state index in [1.165, 1.54) is 57.6 Å². The summed E-state index contributed by atoms with van der Waals surface area (Å²) in [4.78, 5) is 9.15. The molecule has 222 valence electrons. The molecule has 1 saturated carbocycles. The van der Waals surface area contributed by atoms with Gasteiger partial charge in [0.1, 0.15) is 0 Å². The average Bonchev–Trinajstić information content (AvgIpc) is 3.00. The topological polar surface area (TPSA) is 25.8 Å². The molecule has 4 aliphatic rings. The summed E-state index contributed by atoms with van der Waals surface area (Å²) in [6.45, 7) is 10.3. The zero-order chi connectivity index (χ0) is 30.3. The van der Waals surface area contributed by atoms with Crippen LogP contribution in [-0.2, 0) is 24.2 Å². The summed E-state index contributed by atoms with van der Waals surface area (Å²) in [5.74, 6) is 1.46. The van der Waals surface area contributed by atoms with Gasteiger partial charge in [0.15, 0.2) is 0 Å². The molecule has 0 saturated heterocycles. The SMILES string of the molecule is C[Si]1(C)Cc2ccc(cc2)[C@@H]2[C@H](c3ccc(cc3)C[Si](C)(C)Cc3ccccc3C1)[C@@H](c1cccnc1)[C@@H]2c1cccnc1. The molecule has 2 aromatic heterocycles. The first kappa shape index (κ1) is 29.1. The fraction of sp³-hybridized carbons (Fsp3) is 0.300. The van der Waals surface area contributed by atoms with Crippen molar-refractivity contribution in [3.05, 3.63) is 166 Å². The van der Waals surface area contributed by atoms with Crippen LogP contribution >= 0.6 is 0 Å². The van der Waals surface area contributed by atoms with Gasteiger partial charge in [-0.1, -0.05) is 122 Å². The van der Waals surface area contributed by atoms with Crippen molar-refractivity contribution in [1.29, 1.82) is 0 Å². The molecule has 0 N–H and O–H groups in total. The highest BCUT2D eigenvalue weighted by Gasteiger charge is 2.52. The Kier molecular flexibility index (Phi) is 7.76. The van der Waals surface area contributed by atoms with Gasteiger partial charge in [0, 0.05) is 36.6 Å². The van der Waals surface area contributed by atoms with Gasteiger partial charge in [0.2, 0.25) is 0 Å². The molecule has 5 aromatic rings. The van der Waals surface area contributed by atoms with Crippen LogP contribution in [0.15, 0.2) is 122 Å². The maximum absolute atomic E-state index is 4.57. The summed E-state index contributed by atoms with van der Waals surface area (Å²) in [5, 5.41) is 0. The van der Waals surface area contributed by atoms with Crippen molar-refractivity contribution in [3.8, 4) is 0 Å². The van der Waals surface area contributed by atoms with E-state index < -0.39 is 16.1 Å². The highest BCUT2D eigenvalue weighted by molar-refractivity contribution is 6.77. The minimum Gasteiger partial charge on any atom is -0.264 e. The van der Waals surface area contributed by atoms with Gasteiger partial charge in [-0.05, 0) is 81.5 Å². The third kappa shape index (κ3) is 5.90. The first-order chi connectivity index (χ1) is 21.3. The van der Waals surface area contributed by atoms with Crippen molar-refractivity contribution in [3.63, 3.8) is 0 Å². The Morgan fingerprint density at radius 1 is 0.432 bits per heavy atom. The molecule has 0 amide bonds. The third-order valence-electron chi connectivity index (χ3n) is 10.2. The smallest absolute Gasteiger partial charge is 0.0561 e. The van der Waals surface area contributed by atoms with Gasteiger partial charge in [-0.15, -0.1) is 0 Å². The lowest BCUT2D eigenvalue weighted by atomic mass is 9.49. The molecule has 0 spiro atoms. The van der Waals surface area contributed by atoms with Crippen LogP contribution in [0.3, 0.4) is 0 Å². The minimum atomic E-state index is -1.52. The van der Waals surface area contributed by atoms with E-state index in [9.17, 15) is 0 Å². The predicted octanol–water partition coefficient (Wildman–Crippen LogP) is 9.38. The second kappa shape index (κ2) is 11.7. The van der Waals surface area contributed by atoms with Crippen molar-refractivity contribution in [2.24, 2.45) is 0 Å². The van der Waals surface area contributed by atoms with Gasteiger partial charge in [-0.2, -0.15) is 0 Å². The molecule has 4 atom stereocenters. The predicted molar refractivity (Wildman–Crippen MR) is 189 cm³/mol. The Hall–Kier alpha value is -3.61. The molecular weight excluding hydrogens is 565 g/mol. The Bertz CT molecular complexity index is 1580. The molecular formula is C40H44N2Si2. The van der Waals surface area contributed by atoms with Crippen LogP contribution in [0.5, 0.6) is 0 Å². The number of hydrogen-bond acceptors (Lipinski definition) is 2. The molecule has 9 rings (SSSR count). The summed E-state index contributed by atoms with van der Waals surface area (Å²) in [6, 6.07) is 42.5. The van der Waals surface area contributed by atoms with Gasteiger partial charge in [0.05, 0.1) is 16.1 Å². The van der Waals surface area contributed by atoms with Crippen LogP contribution in [0.2, 0.25) is 26.2 Å². The summed E-state index contributed by atoms with van der Waals surface area (Å²) in [7, 11) is -3.05. The average molecular weight is 609 g/mol. The zero-order valence-electron chi connectivity index (χ0n) is 26.6. The molecule has 3 aliphatic heterocycles. The normalized spacial score (nSPS) is 23.9. The van der Waals surface area contributed by atoms with E-state index in [0.717, 1.165) is 0 Å². The Balaban J connectivity index is 1.35. The Labute approximate surface area is 265 Å². The fourth-order valence-electron chi connectivity index (χ4n) is 8.43. The Morgan fingerprint density at radius 2 is 0.818 bits per heavy atom. The lowest BCUT2D eigenvalue weighted by molar-refractivity contribution is 0.228. The maximum Gasteiger partial charge on any atom is 0.0561 e. The number of aromatic nitrogens is 2. The van der Waals surface area contributed by atoms with Crippen LogP contribution < -0.4 is 0 Å². The number of benzene rings is 3. The number of pyridine rings is 2. The van der Waals surface area contributed by atoms with E-state index in [0.29, 0.717) is 23.7 Å². The molecule has 1 fully saturated rings. The van der Waals surface area contributed by atoms with Crippen molar-refractivity contribution < 1.29 is 0 Å². The van der Waals surface area contributed by atoms with Crippen LogP contribution in [0, 0.1) is 0 Å². The lowest BCUT2D eigenvalue weighted by Crippen LogP contribution is -2.40. The molecule has 4 bridgehead atoms. The molecule has 2 nitrogen and oxygen atoms in total. The number of hydrogen-bond donors (Lipinski definition) is 0. The van der Waals surface area contributed by atoms with Crippen molar-refractivity contribution >= 4 is 16.1 Å². The van der Waals surface area contributed by atoms with Crippen LogP contribution in [0.25, 0.3) is 0 Å². The monoisotopic (exact) mass is 608 g/mol.